The highest BCUT2D eigenvalue weighted by molar-refractivity contribution is 5.92. The van der Waals surface area contributed by atoms with Gasteiger partial charge in [0, 0.05) is 16.6 Å². The number of nitrogens with one attached hydrogen (secondary N) is 1. The molecule has 3 aromatic carbocycles. The van der Waals surface area contributed by atoms with E-state index in [1.54, 1.807) is 13.0 Å². The number of hydrogen-bond acceptors (Lipinski definition) is 3. The van der Waals surface area contributed by atoms with E-state index in [4.69, 9.17) is 9.97 Å². The Morgan fingerprint density at radius 3 is 2.50 bits per heavy atom. The third-order valence-electron chi connectivity index (χ3n) is 4.31. The molecule has 1 N–H and O–H groups in total. The van der Waals surface area contributed by atoms with Gasteiger partial charge in [0.25, 0.3) is 0 Å². The van der Waals surface area contributed by atoms with E-state index in [2.05, 4.69) is 11.4 Å². The first-order valence-corrected chi connectivity index (χ1v) is 8.47. The Bertz CT molecular complexity index is 1110. The van der Waals surface area contributed by atoms with Crippen LogP contribution in [0.15, 0.2) is 66.7 Å². The molecule has 0 saturated heterocycles. The summed E-state index contributed by atoms with van der Waals surface area (Å²) in [4.78, 5) is 9.41. The molecule has 128 valence electrons. The average Bonchev–Trinajstić information content (AvgIpc) is 2.65. The third kappa shape index (κ3) is 3.14. The number of hydrogen-bond donors (Lipinski definition) is 1. The van der Waals surface area contributed by atoms with E-state index < -0.39 is 0 Å². The second-order valence-electron chi connectivity index (χ2n) is 6.37. The van der Waals surface area contributed by atoms with E-state index in [0.29, 0.717) is 22.9 Å². The van der Waals surface area contributed by atoms with Gasteiger partial charge in [0.2, 0.25) is 0 Å². The zero-order chi connectivity index (χ0) is 18.1. The summed E-state index contributed by atoms with van der Waals surface area (Å²) >= 11 is 0. The second kappa shape index (κ2) is 6.56. The fourth-order valence-corrected chi connectivity index (χ4v) is 2.89. The van der Waals surface area contributed by atoms with Gasteiger partial charge in [-0.1, -0.05) is 42.0 Å². The Kier molecular flexibility index (Phi) is 4.09. The standard InChI is InChI=1S/C22H18FN3/c1-14-6-5-7-16(12-14)21-25-20-9-4-3-8-18(20)22(26-21)24-17-11-10-15(2)19(23)13-17/h3-13H,1-2H3,(H,24,25,26). The van der Waals surface area contributed by atoms with Gasteiger partial charge < -0.3 is 5.32 Å². The fourth-order valence-electron chi connectivity index (χ4n) is 2.89. The van der Waals surface area contributed by atoms with Crippen molar-refractivity contribution in [3.05, 3.63) is 83.7 Å². The van der Waals surface area contributed by atoms with Crippen LogP contribution in [0.4, 0.5) is 15.9 Å². The molecule has 0 amide bonds. The predicted molar refractivity (Wildman–Crippen MR) is 104 cm³/mol. The van der Waals surface area contributed by atoms with Gasteiger partial charge in [-0.2, -0.15) is 0 Å². The SMILES string of the molecule is Cc1cccc(-c2nc(Nc3ccc(C)c(F)c3)c3ccccc3n2)c1. The monoisotopic (exact) mass is 343 g/mol. The molecule has 0 aliphatic heterocycles. The first-order chi connectivity index (χ1) is 12.6. The molecule has 1 heterocycles. The van der Waals surface area contributed by atoms with Gasteiger partial charge in [0.1, 0.15) is 11.6 Å². The number of para-hydroxylation sites is 1. The van der Waals surface area contributed by atoms with Gasteiger partial charge in [-0.25, -0.2) is 14.4 Å². The summed E-state index contributed by atoms with van der Waals surface area (Å²) in [5.74, 6) is 1.06. The molecule has 4 aromatic rings. The van der Waals surface area contributed by atoms with Gasteiger partial charge >= 0.3 is 0 Å². The Balaban J connectivity index is 1.85. The van der Waals surface area contributed by atoms with Crippen molar-refractivity contribution in [2.45, 2.75) is 13.8 Å². The third-order valence-corrected chi connectivity index (χ3v) is 4.31. The largest absolute Gasteiger partial charge is 0.340 e. The molecule has 1 aromatic heterocycles. The summed E-state index contributed by atoms with van der Waals surface area (Å²) in [5.41, 5.74) is 4.22. The van der Waals surface area contributed by atoms with Crippen molar-refractivity contribution in [2.24, 2.45) is 0 Å². The molecule has 0 fully saturated rings. The summed E-state index contributed by atoms with van der Waals surface area (Å²) in [6, 6.07) is 21.0. The number of anilines is 2. The fraction of sp³-hybridized carbons (Fsp3) is 0.0909. The number of rotatable bonds is 3. The van der Waals surface area contributed by atoms with Gasteiger partial charge in [-0.15, -0.1) is 0 Å². The quantitative estimate of drug-likeness (QED) is 0.511. The van der Waals surface area contributed by atoms with Gasteiger partial charge in [0.15, 0.2) is 5.82 Å². The molecule has 4 rings (SSSR count). The number of aryl methyl sites for hydroxylation is 2. The Morgan fingerprint density at radius 2 is 1.69 bits per heavy atom. The topological polar surface area (TPSA) is 37.8 Å². The molecule has 0 atom stereocenters. The lowest BCUT2D eigenvalue weighted by molar-refractivity contribution is 0.619. The van der Waals surface area contributed by atoms with Crippen LogP contribution in [0.2, 0.25) is 0 Å². The lowest BCUT2D eigenvalue weighted by Gasteiger charge is -2.12. The minimum atomic E-state index is -0.243. The zero-order valence-corrected chi connectivity index (χ0v) is 14.6. The van der Waals surface area contributed by atoms with Crippen molar-refractivity contribution in [3.63, 3.8) is 0 Å². The highest BCUT2D eigenvalue weighted by atomic mass is 19.1. The molecule has 0 radical (unpaired) electrons. The maximum atomic E-state index is 13.9. The van der Waals surface area contributed by atoms with Gasteiger partial charge in [-0.3, -0.25) is 0 Å². The molecule has 0 aliphatic carbocycles. The Labute approximate surface area is 151 Å². The van der Waals surface area contributed by atoms with Crippen molar-refractivity contribution in [1.29, 1.82) is 0 Å². The Morgan fingerprint density at radius 1 is 0.846 bits per heavy atom. The van der Waals surface area contributed by atoms with Crippen LogP contribution in [0.3, 0.4) is 0 Å². The number of aromatic nitrogens is 2. The Hall–Kier alpha value is -3.27. The first kappa shape index (κ1) is 16.2. The second-order valence-corrected chi connectivity index (χ2v) is 6.37. The van der Waals surface area contributed by atoms with E-state index >= 15 is 0 Å². The van der Waals surface area contributed by atoms with E-state index in [0.717, 1.165) is 22.0 Å². The van der Waals surface area contributed by atoms with Crippen LogP contribution in [0, 0.1) is 19.7 Å². The summed E-state index contributed by atoms with van der Waals surface area (Å²) < 4.78 is 13.9. The van der Waals surface area contributed by atoms with Crippen LogP contribution in [0.1, 0.15) is 11.1 Å². The highest BCUT2D eigenvalue weighted by Crippen LogP contribution is 2.28. The number of nitrogens with zero attached hydrogens (tertiary/aromatic N) is 2. The molecule has 0 bridgehead atoms. The zero-order valence-electron chi connectivity index (χ0n) is 14.6. The summed E-state index contributed by atoms with van der Waals surface area (Å²) in [6.07, 6.45) is 0. The molecule has 0 aliphatic rings. The summed E-state index contributed by atoms with van der Waals surface area (Å²) in [5, 5.41) is 4.14. The van der Waals surface area contributed by atoms with Crippen LogP contribution in [-0.4, -0.2) is 9.97 Å². The molecule has 0 unspecified atom stereocenters. The minimum Gasteiger partial charge on any atom is -0.340 e. The lowest BCUT2D eigenvalue weighted by atomic mass is 10.1. The van der Waals surface area contributed by atoms with E-state index in [1.807, 2.05) is 55.5 Å². The normalized spacial score (nSPS) is 10.9. The van der Waals surface area contributed by atoms with Crippen LogP contribution in [0.5, 0.6) is 0 Å². The summed E-state index contributed by atoms with van der Waals surface area (Å²) in [7, 11) is 0. The minimum absolute atomic E-state index is 0.243. The molecule has 3 nitrogen and oxygen atoms in total. The molecule has 4 heteroatoms. The van der Waals surface area contributed by atoms with Crippen LogP contribution in [0.25, 0.3) is 22.3 Å². The van der Waals surface area contributed by atoms with Gasteiger partial charge in [0.05, 0.1) is 5.52 Å². The number of benzene rings is 3. The summed E-state index contributed by atoms with van der Waals surface area (Å²) in [6.45, 7) is 3.79. The lowest BCUT2D eigenvalue weighted by Crippen LogP contribution is -2.00. The predicted octanol–water partition coefficient (Wildman–Crippen LogP) is 5.80. The molecular formula is C22H18FN3. The van der Waals surface area contributed by atoms with Gasteiger partial charge in [-0.05, 0) is 49.7 Å². The van der Waals surface area contributed by atoms with Crippen LogP contribution in [-0.2, 0) is 0 Å². The van der Waals surface area contributed by atoms with Crippen LogP contribution >= 0.6 is 0 Å². The van der Waals surface area contributed by atoms with E-state index in [1.165, 1.54) is 6.07 Å². The van der Waals surface area contributed by atoms with Crippen molar-refractivity contribution in [2.75, 3.05) is 5.32 Å². The van der Waals surface area contributed by atoms with Crippen LogP contribution < -0.4 is 5.32 Å². The van der Waals surface area contributed by atoms with Crippen molar-refractivity contribution >= 4 is 22.4 Å². The molecule has 0 spiro atoms. The molecule has 26 heavy (non-hydrogen) atoms. The number of halogens is 1. The first-order valence-electron chi connectivity index (χ1n) is 8.47. The molecular weight excluding hydrogens is 325 g/mol. The van der Waals surface area contributed by atoms with Crippen molar-refractivity contribution in [1.82, 2.24) is 9.97 Å². The maximum absolute atomic E-state index is 13.9. The van der Waals surface area contributed by atoms with E-state index in [-0.39, 0.29) is 5.82 Å². The molecule has 0 saturated carbocycles. The van der Waals surface area contributed by atoms with Crippen molar-refractivity contribution in [3.8, 4) is 11.4 Å². The highest BCUT2D eigenvalue weighted by Gasteiger charge is 2.10. The van der Waals surface area contributed by atoms with Crippen molar-refractivity contribution < 1.29 is 4.39 Å². The smallest absolute Gasteiger partial charge is 0.162 e. The maximum Gasteiger partial charge on any atom is 0.162 e. The van der Waals surface area contributed by atoms with E-state index in [9.17, 15) is 4.39 Å². The average molecular weight is 343 g/mol. The number of fused-ring (bicyclic) bond motifs is 1.